The highest BCUT2D eigenvalue weighted by Gasteiger charge is 2.11. The summed E-state index contributed by atoms with van der Waals surface area (Å²) in [6, 6.07) is 14.9. The van der Waals surface area contributed by atoms with Gasteiger partial charge in [-0.2, -0.15) is 5.10 Å². The molecule has 3 nitrogen and oxygen atoms in total. The van der Waals surface area contributed by atoms with Crippen LogP contribution in [0.3, 0.4) is 0 Å². The molecule has 1 N–H and O–H groups in total. The van der Waals surface area contributed by atoms with Gasteiger partial charge in [0.25, 0.3) is 0 Å². The van der Waals surface area contributed by atoms with Crippen LogP contribution in [0, 0.1) is 13.8 Å². The Morgan fingerprint density at radius 3 is 2.43 bits per heavy atom. The minimum absolute atomic E-state index is 0.792. The maximum absolute atomic E-state index is 4.81. The summed E-state index contributed by atoms with van der Waals surface area (Å²) in [6.45, 7) is 5.95. The molecule has 108 valence electrons. The minimum atomic E-state index is 0.792. The topological polar surface area (TPSA) is 29.9 Å². The molecule has 1 aromatic heterocycles. The third-order valence-electron chi connectivity index (χ3n) is 4.03. The van der Waals surface area contributed by atoms with Crippen molar-refractivity contribution in [1.82, 2.24) is 15.1 Å². The van der Waals surface area contributed by atoms with Crippen LogP contribution in [0.4, 0.5) is 0 Å². The maximum Gasteiger partial charge on any atom is 0.0841 e. The van der Waals surface area contributed by atoms with Gasteiger partial charge in [-0.25, -0.2) is 0 Å². The molecule has 0 spiro atoms. The molecule has 0 saturated heterocycles. The molecule has 2 aromatic carbocycles. The Morgan fingerprint density at radius 1 is 1.00 bits per heavy atom. The average molecular weight is 279 g/mol. The zero-order chi connectivity index (χ0) is 14.8. The van der Waals surface area contributed by atoms with Crippen molar-refractivity contribution in [1.29, 1.82) is 0 Å². The predicted octanol–water partition coefficient (Wildman–Crippen LogP) is 3.42. The van der Waals surface area contributed by atoms with Crippen LogP contribution in [0.5, 0.6) is 0 Å². The summed E-state index contributed by atoms with van der Waals surface area (Å²) in [5.74, 6) is 0. The van der Waals surface area contributed by atoms with Crippen molar-refractivity contribution in [3.8, 4) is 0 Å². The average Bonchev–Trinajstić information content (AvgIpc) is 2.82. The highest BCUT2D eigenvalue weighted by Crippen LogP contribution is 2.21. The van der Waals surface area contributed by atoms with Crippen LogP contribution in [0.2, 0.25) is 0 Å². The highest BCUT2D eigenvalue weighted by atomic mass is 15.3. The first-order chi connectivity index (χ1) is 10.2. The first-order valence-corrected chi connectivity index (χ1v) is 7.35. The molecular formula is C18H21N3. The normalized spacial score (nSPS) is 11.2. The lowest BCUT2D eigenvalue weighted by Crippen LogP contribution is -2.08. The fourth-order valence-corrected chi connectivity index (χ4v) is 2.86. The first-order valence-electron chi connectivity index (χ1n) is 7.35. The molecule has 0 amide bonds. The molecule has 0 aliphatic rings. The van der Waals surface area contributed by atoms with Crippen LogP contribution in [-0.4, -0.2) is 16.8 Å². The molecule has 1 heterocycles. The van der Waals surface area contributed by atoms with E-state index < -0.39 is 0 Å². The van der Waals surface area contributed by atoms with Crippen LogP contribution in [0.1, 0.15) is 22.4 Å². The molecule has 3 heteroatoms. The molecule has 0 aliphatic heterocycles. The van der Waals surface area contributed by atoms with Crippen molar-refractivity contribution >= 4 is 10.9 Å². The molecule has 21 heavy (non-hydrogen) atoms. The Balaban J connectivity index is 2.09. The van der Waals surface area contributed by atoms with E-state index in [1.165, 1.54) is 27.6 Å². The van der Waals surface area contributed by atoms with E-state index >= 15 is 0 Å². The van der Waals surface area contributed by atoms with Crippen molar-refractivity contribution in [2.75, 3.05) is 7.05 Å². The van der Waals surface area contributed by atoms with E-state index in [4.69, 9.17) is 5.10 Å². The van der Waals surface area contributed by atoms with Crippen LogP contribution in [-0.2, 0) is 13.1 Å². The molecule has 0 aliphatic carbocycles. The molecule has 0 bridgehead atoms. The summed E-state index contributed by atoms with van der Waals surface area (Å²) >= 11 is 0. The van der Waals surface area contributed by atoms with E-state index in [0.717, 1.165) is 18.8 Å². The number of para-hydroxylation sites is 1. The zero-order valence-corrected chi connectivity index (χ0v) is 12.9. The number of nitrogens with zero attached hydrogens (tertiary/aromatic N) is 2. The Morgan fingerprint density at radius 2 is 1.71 bits per heavy atom. The summed E-state index contributed by atoms with van der Waals surface area (Å²) in [6.07, 6.45) is 0. The van der Waals surface area contributed by atoms with Gasteiger partial charge in [0.05, 0.1) is 17.8 Å². The Bertz CT molecular complexity index is 751. The van der Waals surface area contributed by atoms with Crippen molar-refractivity contribution in [3.05, 3.63) is 64.8 Å². The standard InChI is InChI=1S/C18H21N3/c1-13-7-6-8-14(2)16(13)12-21-18-10-5-4-9-15(18)17(20-21)11-19-3/h4-10,19H,11-12H2,1-3H3. The quantitative estimate of drug-likeness (QED) is 0.793. The van der Waals surface area contributed by atoms with Crippen molar-refractivity contribution in [2.24, 2.45) is 0 Å². The summed E-state index contributed by atoms with van der Waals surface area (Å²) in [4.78, 5) is 0. The van der Waals surface area contributed by atoms with E-state index in [1.807, 2.05) is 7.05 Å². The van der Waals surface area contributed by atoms with E-state index in [1.54, 1.807) is 0 Å². The minimum Gasteiger partial charge on any atom is -0.314 e. The van der Waals surface area contributed by atoms with Crippen LogP contribution < -0.4 is 5.32 Å². The second-order valence-electron chi connectivity index (χ2n) is 5.52. The Labute approximate surface area is 125 Å². The number of aromatic nitrogens is 2. The van der Waals surface area contributed by atoms with Gasteiger partial charge < -0.3 is 5.32 Å². The largest absolute Gasteiger partial charge is 0.314 e. The van der Waals surface area contributed by atoms with Crippen LogP contribution in [0.15, 0.2) is 42.5 Å². The van der Waals surface area contributed by atoms with Crippen molar-refractivity contribution in [3.63, 3.8) is 0 Å². The van der Waals surface area contributed by atoms with Crippen LogP contribution >= 0.6 is 0 Å². The van der Waals surface area contributed by atoms with E-state index in [0.29, 0.717) is 0 Å². The number of hydrogen-bond donors (Lipinski definition) is 1. The number of rotatable bonds is 4. The fraction of sp³-hybridized carbons (Fsp3) is 0.278. The molecule has 0 atom stereocenters. The number of aryl methyl sites for hydroxylation is 2. The summed E-state index contributed by atoms with van der Waals surface area (Å²) in [5.41, 5.74) is 6.32. The second-order valence-corrected chi connectivity index (χ2v) is 5.52. The number of hydrogen-bond acceptors (Lipinski definition) is 2. The second kappa shape index (κ2) is 5.70. The van der Waals surface area contributed by atoms with Gasteiger partial charge in [-0.05, 0) is 43.7 Å². The van der Waals surface area contributed by atoms with Crippen molar-refractivity contribution in [2.45, 2.75) is 26.9 Å². The third-order valence-corrected chi connectivity index (χ3v) is 4.03. The molecule has 0 unspecified atom stereocenters. The summed E-state index contributed by atoms with van der Waals surface area (Å²) < 4.78 is 2.12. The first kappa shape index (κ1) is 13.8. The number of nitrogens with one attached hydrogen (secondary N) is 1. The van der Waals surface area contributed by atoms with Gasteiger partial charge in [0.1, 0.15) is 0 Å². The van der Waals surface area contributed by atoms with Gasteiger partial charge in [0.2, 0.25) is 0 Å². The summed E-state index contributed by atoms with van der Waals surface area (Å²) in [5, 5.41) is 9.25. The van der Waals surface area contributed by atoms with Gasteiger partial charge in [-0.15, -0.1) is 0 Å². The number of fused-ring (bicyclic) bond motifs is 1. The molecule has 3 rings (SSSR count). The van der Waals surface area contributed by atoms with Gasteiger partial charge in [0.15, 0.2) is 0 Å². The number of benzene rings is 2. The van der Waals surface area contributed by atoms with Gasteiger partial charge in [-0.1, -0.05) is 36.4 Å². The third kappa shape index (κ3) is 2.57. The van der Waals surface area contributed by atoms with E-state index in [2.05, 4.69) is 66.3 Å². The lowest BCUT2D eigenvalue weighted by molar-refractivity contribution is 0.672. The summed E-state index contributed by atoms with van der Waals surface area (Å²) in [7, 11) is 1.96. The molecule has 0 radical (unpaired) electrons. The van der Waals surface area contributed by atoms with Crippen LogP contribution in [0.25, 0.3) is 10.9 Å². The van der Waals surface area contributed by atoms with E-state index in [9.17, 15) is 0 Å². The van der Waals surface area contributed by atoms with Crippen molar-refractivity contribution < 1.29 is 0 Å². The maximum atomic E-state index is 4.81. The lowest BCUT2D eigenvalue weighted by atomic mass is 10.0. The fourth-order valence-electron chi connectivity index (χ4n) is 2.86. The monoisotopic (exact) mass is 279 g/mol. The molecule has 0 saturated carbocycles. The van der Waals surface area contributed by atoms with Gasteiger partial charge in [-0.3, -0.25) is 4.68 Å². The predicted molar refractivity (Wildman–Crippen MR) is 87.5 cm³/mol. The highest BCUT2D eigenvalue weighted by molar-refractivity contribution is 5.82. The smallest absolute Gasteiger partial charge is 0.0841 e. The SMILES string of the molecule is CNCc1nn(Cc2c(C)cccc2C)c2ccccc12. The van der Waals surface area contributed by atoms with Gasteiger partial charge in [0, 0.05) is 11.9 Å². The molecular weight excluding hydrogens is 258 g/mol. The van der Waals surface area contributed by atoms with E-state index in [-0.39, 0.29) is 0 Å². The Kier molecular flexibility index (Phi) is 3.76. The lowest BCUT2D eigenvalue weighted by Gasteiger charge is -2.10. The Hall–Kier alpha value is -2.13. The molecule has 0 fully saturated rings. The van der Waals surface area contributed by atoms with Gasteiger partial charge >= 0.3 is 0 Å². The zero-order valence-electron chi connectivity index (χ0n) is 12.9. The molecule has 3 aromatic rings.